The number of halogens is 3. The van der Waals surface area contributed by atoms with Crippen LogP contribution in [0, 0.1) is 0 Å². The highest BCUT2D eigenvalue weighted by atomic mass is 32.2. The average Bonchev–Trinajstić information content (AvgIpc) is 3.08. The highest BCUT2D eigenvalue weighted by molar-refractivity contribution is 7.89. The Kier molecular flexibility index (Phi) is 3.42. The topological polar surface area (TPSA) is 77.2 Å². The number of Topliss-reactive ketones (excluding diaryl/α,β-unsaturated/α-hetero) is 1. The van der Waals surface area contributed by atoms with Crippen LogP contribution in [-0.2, 0) is 20.2 Å². The van der Waals surface area contributed by atoms with Crippen LogP contribution in [0.4, 0.5) is 13.2 Å². The third-order valence-corrected chi connectivity index (χ3v) is 4.39. The Bertz CT molecular complexity index is 631. The molecule has 0 radical (unpaired) electrons. The summed E-state index contributed by atoms with van der Waals surface area (Å²) >= 11 is 0. The lowest BCUT2D eigenvalue weighted by molar-refractivity contribution is -0.171. The van der Waals surface area contributed by atoms with Gasteiger partial charge in [0, 0.05) is 11.8 Å². The maximum Gasteiger partial charge on any atom is 0.450 e. The van der Waals surface area contributed by atoms with Gasteiger partial charge in [0.05, 0.1) is 4.90 Å². The Labute approximate surface area is 113 Å². The van der Waals surface area contributed by atoms with E-state index in [-0.39, 0.29) is 4.90 Å². The molecule has 0 aliphatic heterocycles. The number of nitrogens with two attached hydrogens (primary N) is 1. The Morgan fingerprint density at radius 3 is 2.05 bits per heavy atom. The van der Waals surface area contributed by atoms with E-state index in [1.54, 1.807) is 0 Å². The summed E-state index contributed by atoms with van der Waals surface area (Å²) in [6.45, 7) is 0. The van der Waals surface area contributed by atoms with Crippen molar-refractivity contribution in [3.8, 4) is 0 Å². The lowest BCUT2D eigenvalue weighted by Gasteiger charge is -2.16. The molecule has 1 saturated carbocycles. The molecule has 0 unspecified atom stereocenters. The van der Waals surface area contributed by atoms with E-state index in [9.17, 15) is 26.4 Å². The van der Waals surface area contributed by atoms with Crippen molar-refractivity contribution >= 4 is 15.8 Å². The van der Waals surface area contributed by atoms with Crippen LogP contribution in [0.1, 0.15) is 24.8 Å². The summed E-state index contributed by atoms with van der Waals surface area (Å²) in [7, 11) is -3.84. The Morgan fingerprint density at radius 1 is 1.20 bits per heavy atom. The number of ketones is 1. The van der Waals surface area contributed by atoms with E-state index >= 15 is 0 Å². The molecule has 20 heavy (non-hydrogen) atoms. The molecule has 0 heterocycles. The van der Waals surface area contributed by atoms with E-state index < -0.39 is 33.8 Å². The monoisotopic (exact) mass is 307 g/mol. The van der Waals surface area contributed by atoms with Gasteiger partial charge in [0.25, 0.3) is 0 Å². The van der Waals surface area contributed by atoms with Gasteiger partial charge in [0.15, 0.2) is 0 Å². The van der Waals surface area contributed by atoms with Crippen LogP contribution in [0.5, 0.6) is 0 Å². The van der Waals surface area contributed by atoms with Crippen LogP contribution in [0.2, 0.25) is 0 Å². The molecule has 1 aliphatic carbocycles. The predicted molar refractivity (Wildman–Crippen MR) is 64.4 cm³/mol. The summed E-state index contributed by atoms with van der Waals surface area (Å²) in [5.41, 5.74) is -0.286. The number of carbonyl (C=O) groups excluding carboxylic acids is 1. The Hall–Kier alpha value is -1.41. The Balaban J connectivity index is 2.22. The van der Waals surface area contributed by atoms with E-state index in [2.05, 4.69) is 0 Å². The number of hydrogen-bond acceptors (Lipinski definition) is 3. The number of sulfonamides is 1. The summed E-state index contributed by atoms with van der Waals surface area (Å²) in [5.74, 6) is -1.76. The van der Waals surface area contributed by atoms with E-state index in [1.807, 2.05) is 0 Å². The number of alkyl halides is 3. The summed E-state index contributed by atoms with van der Waals surface area (Å²) in [6.07, 6.45) is -4.49. The van der Waals surface area contributed by atoms with Gasteiger partial charge in [-0.2, -0.15) is 13.2 Å². The number of rotatable bonds is 4. The second-order valence-corrected chi connectivity index (χ2v) is 6.51. The molecule has 0 saturated heterocycles. The molecule has 1 fully saturated rings. The molecule has 4 nitrogen and oxygen atoms in total. The molecule has 0 spiro atoms. The van der Waals surface area contributed by atoms with E-state index in [4.69, 9.17) is 5.14 Å². The van der Waals surface area contributed by atoms with Crippen LogP contribution in [0.15, 0.2) is 29.2 Å². The molecule has 1 aromatic rings. The van der Waals surface area contributed by atoms with Crippen molar-refractivity contribution in [1.29, 1.82) is 0 Å². The molecular weight excluding hydrogens is 295 g/mol. The van der Waals surface area contributed by atoms with Gasteiger partial charge in [0.2, 0.25) is 15.8 Å². The van der Waals surface area contributed by atoms with E-state index in [0.717, 1.165) is 0 Å². The van der Waals surface area contributed by atoms with Gasteiger partial charge < -0.3 is 0 Å². The highest BCUT2D eigenvalue weighted by Crippen LogP contribution is 2.52. The maximum atomic E-state index is 12.3. The second kappa shape index (κ2) is 4.56. The van der Waals surface area contributed by atoms with Crippen molar-refractivity contribution in [2.24, 2.45) is 5.14 Å². The first-order valence-corrected chi connectivity index (χ1v) is 7.33. The standard InChI is InChI=1S/C12H12F3NO3S/c13-12(14,15)10(17)7-11(5-6-11)8-1-3-9(4-2-8)20(16,18)19/h1-4H,5-7H2,(H2,16,18,19). The molecule has 1 aromatic carbocycles. The number of benzene rings is 1. The second-order valence-electron chi connectivity index (χ2n) is 4.95. The van der Waals surface area contributed by atoms with Gasteiger partial charge in [0.1, 0.15) is 0 Å². The molecule has 0 amide bonds. The van der Waals surface area contributed by atoms with Crippen molar-refractivity contribution in [3.63, 3.8) is 0 Å². The largest absolute Gasteiger partial charge is 0.450 e. The van der Waals surface area contributed by atoms with E-state index in [0.29, 0.717) is 18.4 Å². The van der Waals surface area contributed by atoms with Gasteiger partial charge in [-0.3, -0.25) is 4.79 Å². The molecule has 0 atom stereocenters. The fourth-order valence-electron chi connectivity index (χ4n) is 2.12. The van der Waals surface area contributed by atoms with Crippen LogP contribution in [-0.4, -0.2) is 20.4 Å². The summed E-state index contributed by atoms with van der Waals surface area (Å²) in [6, 6.07) is 5.30. The van der Waals surface area contributed by atoms with Crippen molar-refractivity contribution < 1.29 is 26.4 Å². The minimum Gasteiger partial charge on any atom is -0.290 e. The number of hydrogen-bond donors (Lipinski definition) is 1. The van der Waals surface area contributed by atoms with Crippen LogP contribution in [0.25, 0.3) is 0 Å². The number of carbonyl (C=O) groups is 1. The normalized spacial score (nSPS) is 17.8. The molecule has 0 aromatic heterocycles. The smallest absolute Gasteiger partial charge is 0.290 e. The van der Waals surface area contributed by atoms with Gasteiger partial charge in [-0.25, -0.2) is 13.6 Å². The third-order valence-electron chi connectivity index (χ3n) is 3.46. The number of primary sulfonamides is 1. The van der Waals surface area contributed by atoms with Gasteiger partial charge in [-0.15, -0.1) is 0 Å². The van der Waals surface area contributed by atoms with Gasteiger partial charge >= 0.3 is 6.18 Å². The minimum absolute atomic E-state index is 0.112. The molecular formula is C12H12F3NO3S. The molecule has 8 heteroatoms. The first kappa shape index (κ1) is 15.0. The summed E-state index contributed by atoms with van der Waals surface area (Å²) in [4.78, 5) is 11.0. The summed E-state index contributed by atoms with van der Waals surface area (Å²) < 4.78 is 59.1. The zero-order chi connectivity index (χ0) is 15.2. The van der Waals surface area contributed by atoms with Gasteiger partial charge in [-0.1, -0.05) is 12.1 Å². The van der Waals surface area contributed by atoms with E-state index in [1.165, 1.54) is 24.3 Å². The quantitative estimate of drug-likeness (QED) is 0.922. The minimum atomic E-state index is -4.84. The van der Waals surface area contributed by atoms with Crippen LogP contribution in [0.3, 0.4) is 0 Å². The Morgan fingerprint density at radius 2 is 1.70 bits per heavy atom. The van der Waals surface area contributed by atoms with Crippen LogP contribution >= 0.6 is 0 Å². The molecule has 110 valence electrons. The first-order valence-electron chi connectivity index (χ1n) is 5.78. The lowest BCUT2D eigenvalue weighted by atomic mass is 9.90. The third kappa shape index (κ3) is 3.01. The fraction of sp³-hybridized carbons (Fsp3) is 0.417. The average molecular weight is 307 g/mol. The first-order chi connectivity index (χ1) is 9.05. The van der Waals surface area contributed by atoms with Crippen LogP contribution < -0.4 is 5.14 Å². The lowest BCUT2D eigenvalue weighted by Crippen LogP contribution is -2.27. The molecule has 2 N–H and O–H groups in total. The zero-order valence-corrected chi connectivity index (χ0v) is 11.1. The molecule has 1 aliphatic rings. The maximum absolute atomic E-state index is 12.3. The SMILES string of the molecule is NS(=O)(=O)c1ccc(C2(CC(=O)C(F)(F)F)CC2)cc1. The van der Waals surface area contributed by atoms with Crippen molar-refractivity contribution in [2.45, 2.75) is 35.7 Å². The zero-order valence-electron chi connectivity index (χ0n) is 10.3. The fourth-order valence-corrected chi connectivity index (χ4v) is 2.64. The summed E-state index contributed by atoms with van der Waals surface area (Å²) in [5, 5.41) is 4.94. The molecule has 0 bridgehead atoms. The predicted octanol–water partition coefficient (Wildman–Crippen LogP) is 1.89. The van der Waals surface area contributed by atoms with Crippen molar-refractivity contribution in [3.05, 3.63) is 29.8 Å². The molecule has 2 rings (SSSR count). The van der Waals surface area contributed by atoms with Crippen molar-refractivity contribution in [1.82, 2.24) is 0 Å². The van der Waals surface area contributed by atoms with Gasteiger partial charge in [-0.05, 0) is 30.5 Å². The van der Waals surface area contributed by atoms with Crippen molar-refractivity contribution in [2.75, 3.05) is 0 Å². The highest BCUT2D eigenvalue weighted by Gasteiger charge is 2.51.